The Labute approximate surface area is 489 Å². The van der Waals surface area contributed by atoms with Crippen LogP contribution in [0.25, 0.3) is 27.5 Å². The van der Waals surface area contributed by atoms with Crippen LogP contribution in [0.1, 0.15) is 147 Å². The second kappa shape index (κ2) is 18.6. The lowest BCUT2D eigenvalue weighted by Gasteiger charge is -2.46. The van der Waals surface area contributed by atoms with Crippen LogP contribution in [0, 0.1) is 20.8 Å². The van der Waals surface area contributed by atoms with Gasteiger partial charge in [0.25, 0.3) is 6.71 Å². The molecule has 10 aromatic rings. The van der Waals surface area contributed by atoms with E-state index in [9.17, 15) is 0 Å². The van der Waals surface area contributed by atoms with Crippen molar-refractivity contribution in [3.8, 4) is 5.69 Å². The summed E-state index contributed by atoms with van der Waals surface area (Å²) in [6.07, 6.45) is 2.31. The highest BCUT2D eigenvalue weighted by Gasteiger charge is 2.45. The van der Waals surface area contributed by atoms with E-state index in [4.69, 9.17) is 0 Å². The maximum Gasteiger partial charge on any atom is 0.252 e. The minimum atomic E-state index is -0.0617. The number of benzene rings is 9. The number of anilines is 9. The summed E-state index contributed by atoms with van der Waals surface area (Å²) in [6.45, 7) is 37.7. The molecule has 0 saturated carbocycles. The van der Waals surface area contributed by atoms with E-state index < -0.39 is 0 Å². The van der Waals surface area contributed by atoms with E-state index >= 15 is 0 Å². The predicted molar refractivity (Wildman–Crippen MR) is 355 cm³/mol. The van der Waals surface area contributed by atoms with Gasteiger partial charge < -0.3 is 19.3 Å². The molecule has 5 heteroatoms. The van der Waals surface area contributed by atoms with Crippen LogP contribution >= 0.6 is 0 Å². The van der Waals surface area contributed by atoms with Crippen molar-refractivity contribution in [3.63, 3.8) is 0 Å². The fourth-order valence-corrected chi connectivity index (χ4v) is 14.2. The Bertz CT molecular complexity index is 4190. The number of para-hydroxylation sites is 2. The molecule has 0 unspecified atom stereocenters. The third-order valence-electron chi connectivity index (χ3n) is 18.9. The molecule has 1 aromatic heterocycles. The molecular formula is C77H81BN4. The molecule has 1 aliphatic carbocycles. The van der Waals surface area contributed by atoms with Gasteiger partial charge in [0.1, 0.15) is 0 Å². The summed E-state index contributed by atoms with van der Waals surface area (Å²) in [5, 5.41) is 2.49. The van der Waals surface area contributed by atoms with Gasteiger partial charge in [-0.15, -0.1) is 0 Å². The quantitative estimate of drug-likeness (QED) is 0.154. The molecule has 82 heavy (non-hydrogen) atoms. The topological polar surface area (TPSA) is 14.7 Å². The van der Waals surface area contributed by atoms with Gasteiger partial charge in [-0.1, -0.05) is 181 Å². The molecule has 2 aliphatic heterocycles. The molecule has 0 atom stereocenters. The average molecular weight is 1070 g/mol. The summed E-state index contributed by atoms with van der Waals surface area (Å²) in [5.41, 5.74) is 29.0. The Morgan fingerprint density at radius 1 is 0.415 bits per heavy atom. The van der Waals surface area contributed by atoms with Gasteiger partial charge in [-0.05, 0) is 207 Å². The van der Waals surface area contributed by atoms with Gasteiger partial charge >= 0.3 is 0 Å². The summed E-state index contributed by atoms with van der Waals surface area (Å²) in [6, 6.07) is 68.5. The maximum absolute atomic E-state index is 2.66. The minimum Gasteiger partial charge on any atom is -0.311 e. The fourth-order valence-electron chi connectivity index (χ4n) is 14.2. The number of aryl methyl sites for hydroxylation is 3. The SMILES string of the molecule is Cc1cc2c3c(c1)N(c1ccc4c(c1)C(C)(C)CCC4(C)C)c1cc(N(c4ccc5c6ccccc6n(-c6ccccc6)c5c4)c4c(C)cc(C(C)(C)C)cc4C)ccc1B3c1cc(C(C)(C)C)ccc1N2c1ccc(C(C)(C)C)cc1. The van der Waals surface area contributed by atoms with E-state index in [1.54, 1.807) is 0 Å². The molecule has 0 amide bonds. The maximum atomic E-state index is 2.66. The standard InChI is InChI=1S/C77H81BN4/c1-48-40-69-71-70(41-48)82(56-32-35-61-62(45-56)77(15,16)39-38-76(61,13)14)68-47-58(33-36-63(68)78(71)64-44-52(74(7,8)9)28-37-66(64)81(69)55-29-26-51(27-30-55)73(4,5)6)79(72-49(2)42-53(43-50(72)3)75(10,11)12)57-31-34-60-59-24-20-21-25-65(59)80(67(60)46-57)54-22-18-17-19-23-54/h17-37,40-47H,38-39H2,1-16H3. The molecule has 0 radical (unpaired) electrons. The minimum absolute atomic E-state index is 0.0140. The van der Waals surface area contributed by atoms with Crippen LogP contribution in [0.4, 0.5) is 51.2 Å². The lowest BCUT2D eigenvalue weighted by molar-refractivity contribution is 0.332. The smallest absolute Gasteiger partial charge is 0.252 e. The van der Waals surface area contributed by atoms with Gasteiger partial charge in [0.2, 0.25) is 0 Å². The molecule has 0 saturated heterocycles. The number of hydrogen-bond acceptors (Lipinski definition) is 3. The lowest BCUT2D eigenvalue weighted by Crippen LogP contribution is -2.61. The van der Waals surface area contributed by atoms with Gasteiger partial charge in [-0.3, -0.25) is 0 Å². The van der Waals surface area contributed by atoms with E-state index in [0.717, 1.165) is 23.5 Å². The van der Waals surface area contributed by atoms with E-state index in [-0.39, 0.29) is 33.8 Å². The van der Waals surface area contributed by atoms with Crippen LogP contribution in [0.15, 0.2) is 176 Å². The fraction of sp³-hybridized carbons (Fsp3) is 0.299. The molecular weight excluding hydrogens is 992 g/mol. The number of aromatic nitrogens is 1. The lowest BCUT2D eigenvalue weighted by atomic mass is 9.33. The Hall–Kier alpha value is -7.76. The van der Waals surface area contributed by atoms with Gasteiger partial charge in [0, 0.05) is 62.0 Å². The zero-order valence-electron chi connectivity index (χ0n) is 51.5. The normalized spacial score (nSPS) is 15.3. The third kappa shape index (κ3) is 8.62. The predicted octanol–water partition coefficient (Wildman–Crippen LogP) is 19.5. The Balaban J connectivity index is 1.12. The summed E-state index contributed by atoms with van der Waals surface area (Å²) in [7, 11) is 0. The van der Waals surface area contributed by atoms with E-state index in [2.05, 4.69) is 306 Å². The molecule has 3 heterocycles. The van der Waals surface area contributed by atoms with Crippen molar-refractivity contribution in [1.82, 2.24) is 4.57 Å². The zero-order valence-corrected chi connectivity index (χ0v) is 51.5. The van der Waals surface area contributed by atoms with Crippen LogP contribution in [0.3, 0.4) is 0 Å². The van der Waals surface area contributed by atoms with Crippen molar-refractivity contribution in [2.24, 2.45) is 0 Å². The number of rotatable bonds is 6. The first-order valence-corrected chi connectivity index (χ1v) is 30.1. The van der Waals surface area contributed by atoms with Gasteiger partial charge in [0.05, 0.1) is 16.7 Å². The van der Waals surface area contributed by atoms with E-state index in [1.165, 1.54) is 129 Å². The molecule has 0 spiro atoms. The average Bonchev–Trinajstić information content (AvgIpc) is 1.63. The van der Waals surface area contributed by atoms with Crippen molar-refractivity contribution in [2.45, 2.75) is 151 Å². The van der Waals surface area contributed by atoms with Crippen LogP contribution in [-0.2, 0) is 27.1 Å². The Kier molecular flexibility index (Phi) is 12.2. The molecule has 412 valence electrons. The first kappa shape index (κ1) is 53.5. The van der Waals surface area contributed by atoms with Crippen LogP contribution < -0.4 is 31.1 Å². The van der Waals surface area contributed by atoms with Crippen molar-refractivity contribution in [2.75, 3.05) is 14.7 Å². The second-order valence-corrected chi connectivity index (χ2v) is 28.8. The number of nitrogens with zero attached hydrogens (tertiary/aromatic N) is 4. The van der Waals surface area contributed by atoms with E-state index in [1.807, 2.05) is 0 Å². The summed E-state index contributed by atoms with van der Waals surface area (Å²) >= 11 is 0. The molecule has 4 nitrogen and oxygen atoms in total. The highest BCUT2D eigenvalue weighted by molar-refractivity contribution is 7.00. The van der Waals surface area contributed by atoms with Crippen LogP contribution in [0.5, 0.6) is 0 Å². The third-order valence-corrected chi connectivity index (χ3v) is 18.9. The second-order valence-electron chi connectivity index (χ2n) is 28.8. The van der Waals surface area contributed by atoms with Gasteiger partial charge in [0.15, 0.2) is 0 Å². The molecule has 9 aromatic carbocycles. The molecule has 0 fully saturated rings. The Morgan fingerprint density at radius 3 is 1.63 bits per heavy atom. The largest absolute Gasteiger partial charge is 0.311 e. The van der Waals surface area contributed by atoms with Crippen molar-refractivity contribution < 1.29 is 0 Å². The summed E-state index contributed by atoms with van der Waals surface area (Å²) in [5.74, 6) is 0. The Morgan fingerprint density at radius 2 is 0.976 bits per heavy atom. The monoisotopic (exact) mass is 1070 g/mol. The summed E-state index contributed by atoms with van der Waals surface area (Å²) < 4.78 is 2.45. The first-order chi connectivity index (χ1) is 38.8. The molecule has 13 rings (SSSR count). The van der Waals surface area contributed by atoms with Gasteiger partial charge in [-0.2, -0.15) is 0 Å². The molecule has 0 bridgehead atoms. The molecule has 3 aliphatic rings. The van der Waals surface area contributed by atoms with Crippen molar-refractivity contribution in [3.05, 3.63) is 220 Å². The zero-order chi connectivity index (χ0) is 57.7. The summed E-state index contributed by atoms with van der Waals surface area (Å²) in [4.78, 5) is 7.81. The molecule has 0 N–H and O–H groups in total. The van der Waals surface area contributed by atoms with Crippen molar-refractivity contribution >= 4 is 96.1 Å². The van der Waals surface area contributed by atoms with Crippen LogP contribution in [-0.4, -0.2) is 11.3 Å². The van der Waals surface area contributed by atoms with Crippen LogP contribution in [0.2, 0.25) is 0 Å². The number of fused-ring (bicyclic) bond motifs is 8. The highest BCUT2D eigenvalue weighted by atomic mass is 15.2. The number of hydrogen-bond donors (Lipinski definition) is 0. The first-order valence-electron chi connectivity index (χ1n) is 30.1. The van der Waals surface area contributed by atoms with E-state index in [0.29, 0.717) is 0 Å². The van der Waals surface area contributed by atoms with Crippen molar-refractivity contribution in [1.29, 1.82) is 0 Å². The highest BCUT2D eigenvalue weighted by Crippen LogP contribution is 2.52. The van der Waals surface area contributed by atoms with Gasteiger partial charge in [-0.25, -0.2) is 0 Å².